The minimum atomic E-state index is -0.216. The molecule has 1 aromatic rings. The molecule has 0 aliphatic heterocycles. The van der Waals surface area contributed by atoms with Crippen LogP contribution in [0.1, 0.15) is 45.5 Å². The van der Waals surface area contributed by atoms with Crippen LogP contribution in [-0.4, -0.2) is 41.9 Å². The number of aryl methyl sites for hydroxylation is 2. The normalized spacial score (nSPS) is 13.0. The maximum Gasteiger partial charge on any atom is 0.173 e. The van der Waals surface area contributed by atoms with E-state index in [1.54, 1.807) is 0 Å². The average molecular weight is 297 g/mol. The average Bonchev–Trinajstić information content (AvgIpc) is 2.83. The van der Waals surface area contributed by atoms with Gasteiger partial charge in [-0.15, -0.1) is 0 Å². The number of aromatic nitrogens is 2. The maximum absolute atomic E-state index is 5.78. The van der Waals surface area contributed by atoms with E-state index in [4.69, 9.17) is 9.47 Å². The van der Waals surface area contributed by atoms with E-state index in [-0.39, 0.29) is 12.3 Å². The minimum Gasteiger partial charge on any atom is -0.351 e. The van der Waals surface area contributed by atoms with Crippen molar-refractivity contribution in [2.75, 3.05) is 19.8 Å². The summed E-state index contributed by atoms with van der Waals surface area (Å²) in [4.78, 5) is 0. The summed E-state index contributed by atoms with van der Waals surface area (Å²) in [6.07, 6.45) is 1.74. The number of ether oxygens (including phenoxy) is 2. The molecule has 122 valence electrons. The van der Waals surface area contributed by atoms with E-state index in [1.807, 2.05) is 20.8 Å². The molecule has 0 fully saturated rings. The third-order valence-electron chi connectivity index (χ3n) is 3.36. The second kappa shape index (κ2) is 9.92. The van der Waals surface area contributed by atoms with Gasteiger partial charge in [-0.25, -0.2) is 0 Å². The van der Waals surface area contributed by atoms with Crippen LogP contribution in [0.4, 0.5) is 0 Å². The highest BCUT2D eigenvalue weighted by Crippen LogP contribution is 2.12. The first-order valence-electron chi connectivity index (χ1n) is 8.16. The summed E-state index contributed by atoms with van der Waals surface area (Å²) in [5.74, 6) is 0. The molecule has 0 saturated carbocycles. The Morgan fingerprint density at radius 3 is 2.38 bits per heavy atom. The first kappa shape index (κ1) is 18.1. The van der Waals surface area contributed by atoms with Gasteiger partial charge in [-0.1, -0.05) is 6.92 Å². The minimum absolute atomic E-state index is 0.145. The fourth-order valence-corrected chi connectivity index (χ4v) is 2.47. The van der Waals surface area contributed by atoms with Crippen molar-refractivity contribution in [3.8, 4) is 0 Å². The summed E-state index contributed by atoms with van der Waals surface area (Å²) >= 11 is 0. The maximum atomic E-state index is 5.78. The van der Waals surface area contributed by atoms with Gasteiger partial charge in [0.2, 0.25) is 0 Å². The monoisotopic (exact) mass is 297 g/mol. The number of hydrogen-bond acceptors (Lipinski definition) is 4. The molecule has 1 unspecified atom stereocenters. The Bertz CT molecular complexity index is 387. The Balaban J connectivity index is 2.84. The van der Waals surface area contributed by atoms with E-state index in [1.165, 1.54) is 5.69 Å². The highest BCUT2D eigenvalue weighted by atomic mass is 16.7. The van der Waals surface area contributed by atoms with Crippen molar-refractivity contribution in [1.29, 1.82) is 0 Å². The molecule has 5 nitrogen and oxygen atoms in total. The zero-order valence-electron chi connectivity index (χ0n) is 14.2. The lowest BCUT2D eigenvalue weighted by atomic mass is 10.1. The Morgan fingerprint density at radius 2 is 1.86 bits per heavy atom. The quantitative estimate of drug-likeness (QED) is 0.638. The van der Waals surface area contributed by atoms with Crippen LogP contribution < -0.4 is 5.32 Å². The summed E-state index contributed by atoms with van der Waals surface area (Å²) in [6.45, 7) is 13.5. The summed E-state index contributed by atoms with van der Waals surface area (Å²) in [6, 6.07) is 2.30. The molecule has 0 aliphatic carbocycles. The van der Waals surface area contributed by atoms with Crippen molar-refractivity contribution < 1.29 is 9.47 Å². The van der Waals surface area contributed by atoms with Crippen molar-refractivity contribution in [3.63, 3.8) is 0 Å². The molecule has 0 spiro atoms. The first-order chi connectivity index (χ1) is 10.2. The summed E-state index contributed by atoms with van der Waals surface area (Å²) < 4.78 is 13.6. The smallest absolute Gasteiger partial charge is 0.173 e. The highest BCUT2D eigenvalue weighted by Gasteiger charge is 2.23. The summed E-state index contributed by atoms with van der Waals surface area (Å²) in [7, 11) is 0. The van der Waals surface area contributed by atoms with Crippen molar-refractivity contribution in [2.24, 2.45) is 0 Å². The third-order valence-corrected chi connectivity index (χ3v) is 3.36. The lowest BCUT2D eigenvalue weighted by Gasteiger charge is -2.28. The van der Waals surface area contributed by atoms with Crippen LogP contribution in [0, 0.1) is 6.92 Å². The molecule has 1 atom stereocenters. The van der Waals surface area contributed by atoms with Crippen molar-refractivity contribution in [3.05, 3.63) is 17.5 Å². The first-order valence-corrected chi connectivity index (χ1v) is 8.16. The topological polar surface area (TPSA) is 48.3 Å². The predicted octanol–water partition coefficient (Wildman–Crippen LogP) is 2.52. The van der Waals surface area contributed by atoms with Crippen LogP contribution >= 0.6 is 0 Å². The predicted molar refractivity (Wildman–Crippen MR) is 85.5 cm³/mol. The number of rotatable bonds is 11. The van der Waals surface area contributed by atoms with Crippen LogP contribution in [-0.2, 0) is 22.4 Å². The Morgan fingerprint density at radius 1 is 1.19 bits per heavy atom. The van der Waals surface area contributed by atoms with Crippen LogP contribution in [0.2, 0.25) is 0 Å². The molecule has 0 amide bonds. The molecule has 1 rings (SSSR count). The summed E-state index contributed by atoms with van der Waals surface area (Å²) in [5.41, 5.74) is 2.29. The number of nitrogens with zero attached hydrogens (tertiary/aromatic N) is 2. The second-order valence-corrected chi connectivity index (χ2v) is 5.14. The van der Waals surface area contributed by atoms with Gasteiger partial charge in [0.25, 0.3) is 0 Å². The molecule has 5 heteroatoms. The molecule has 0 aliphatic rings. The van der Waals surface area contributed by atoms with E-state index >= 15 is 0 Å². The molecule has 0 bridgehead atoms. The van der Waals surface area contributed by atoms with Crippen LogP contribution in [0.15, 0.2) is 6.07 Å². The second-order valence-electron chi connectivity index (χ2n) is 5.14. The van der Waals surface area contributed by atoms with Crippen molar-refractivity contribution in [2.45, 2.75) is 66.3 Å². The molecule has 1 aromatic heterocycles. The largest absolute Gasteiger partial charge is 0.351 e. The highest BCUT2D eigenvalue weighted by molar-refractivity contribution is 5.10. The fraction of sp³-hybridized carbons (Fsp3) is 0.812. The Labute approximate surface area is 129 Å². The van der Waals surface area contributed by atoms with E-state index < -0.39 is 0 Å². The van der Waals surface area contributed by atoms with Gasteiger partial charge < -0.3 is 14.8 Å². The molecule has 21 heavy (non-hydrogen) atoms. The molecule has 0 radical (unpaired) electrons. The Hall–Kier alpha value is -0.910. The third kappa shape index (κ3) is 5.77. The number of nitrogens with one attached hydrogen (secondary N) is 1. The van der Waals surface area contributed by atoms with Gasteiger partial charge in [-0.3, -0.25) is 4.68 Å². The molecule has 0 saturated heterocycles. The van der Waals surface area contributed by atoms with Crippen LogP contribution in [0.5, 0.6) is 0 Å². The Kier molecular flexibility index (Phi) is 8.57. The van der Waals surface area contributed by atoms with Gasteiger partial charge in [0.05, 0.1) is 11.7 Å². The van der Waals surface area contributed by atoms with E-state index in [0.717, 1.165) is 31.6 Å². The molecule has 0 aromatic carbocycles. The fourth-order valence-electron chi connectivity index (χ4n) is 2.47. The SMILES string of the molecule is CCCNC(Cc1cc(C)nn1CC)C(OCC)OCC. The zero-order chi connectivity index (χ0) is 15.7. The van der Waals surface area contributed by atoms with Crippen LogP contribution in [0.3, 0.4) is 0 Å². The zero-order valence-corrected chi connectivity index (χ0v) is 14.2. The molecule has 1 N–H and O–H groups in total. The number of hydrogen-bond donors (Lipinski definition) is 1. The van der Waals surface area contributed by atoms with E-state index in [2.05, 4.69) is 35.0 Å². The van der Waals surface area contributed by atoms with E-state index in [9.17, 15) is 0 Å². The molecule has 1 heterocycles. The standard InChI is InChI=1S/C16H31N3O2/c1-6-10-17-15(16(20-8-3)21-9-4)12-14-11-13(5)18-19(14)7-2/h11,15-17H,6-10,12H2,1-5H3. The van der Waals surface area contributed by atoms with Gasteiger partial charge >= 0.3 is 0 Å². The lowest BCUT2D eigenvalue weighted by Crippen LogP contribution is -2.45. The molecular formula is C16H31N3O2. The van der Waals surface area contributed by atoms with Crippen molar-refractivity contribution >= 4 is 0 Å². The van der Waals surface area contributed by atoms with Gasteiger partial charge in [0, 0.05) is 31.9 Å². The van der Waals surface area contributed by atoms with Gasteiger partial charge in [0.1, 0.15) is 0 Å². The lowest BCUT2D eigenvalue weighted by molar-refractivity contribution is -0.153. The van der Waals surface area contributed by atoms with E-state index in [0.29, 0.717) is 13.2 Å². The van der Waals surface area contributed by atoms with Gasteiger partial charge in [-0.2, -0.15) is 5.10 Å². The van der Waals surface area contributed by atoms with Gasteiger partial charge in [-0.05, 0) is 46.7 Å². The van der Waals surface area contributed by atoms with Gasteiger partial charge in [0.15, 0.2) is 6.29 Å². The summed E-state index contributed by atoms with van der Waals surface area (Å²) in [5, 5.41) is 8.08. The van der Waals surface area contributed by atoms with Crippen LogP contribution in [0.25, 0.3) is 0 Å². The van der Waals surface area contributed by atoms with Crippen molar-refractivity contribution in [1.82, 2.24) is 15.1 Å². The molecular weight excluding hydrogens is 266 g/mol.